The molecular formula is C36H37FN4O7. The maximum Gasteiger partial charge on any atom is 0.258 e. The van der Waals surface area contributed by atoms with Crippen molar-refractivity contribution in [2.75, 3.05) is 41.0 Å². The van der Waals surface area contributed by atoms with Crippen LogP contribution in [0.4, 0.5) is 4.39 Å². The lowest BCUT2D eigenvalue weighted by molar-refractivity contribution is -0.123. The Morgan fingerprint density at radius 1 is 0.938 bits per heavy atom. The number of hydrogen-bond donors (Lipinski definition) is 2. The number of carbonyl (C=O) groups excluding carboxylic acids is 2. The van der Waals surface area contributed by atoms with E-state index in [1.165, 1.54) is 12.1 Å². The van der Waals surface area contributed by atoms with Crippen LogP contribution in [0.25, 0.3) is 11.1 Å². The Balaban J connectivity index is 1.35. The molecule has 2 atom stereocenters. The molecule has 4 aromatic rings. The highest BCUT2D eigenvalue weighted by molar-refractivity contribution is 5.96. The summed E-state index contributed by atoms with van der Waals surface area (Å²) in [5.74, 6) is 1.27. The molecular weight excluding hydrogens is 619 g/mol. The molecule has 48 heavy (non-hydrogen) atoms. The van der Waals surface area contributed by atoms with Crippen molar-refractivity contribution in [2.24, 2.45) is 0 Å². The average molecular weight is 657 g/mol. The molecule has 250 valence electrons. The number of nitrogens with zero attached hydrogens (tertiary/aromatic N) is 2. The summed E-state index contributed by atoms with van der Waals surface area (Å²) in [6, 6.07) is 18.0. The molecule has 6 rings (SSSR count). The zero-order valence-corrected chi connectivity index (χ0v) is 27.0. The topological polar surface area (TPSA) is 120 Å². The van der Waals surface area contributed by atoms with Crippen molar-refractivity contribution < 1.29 is 37.7 Å². The highest BCUT2D eigenvalue weighted by Crippen LogP contribution is 2.34. The van der Waals surface area contributed by atoms with Gasteiger partial charge in [-0.1, -0.05) is 12.1 Å². The molecule has 1 fully saturated rings. The Labute approximate surface area is 277 Å². The Bertz CT molecular complexity index is 1800. The lowest BCUT2D eigenvalue weighted by Gasteiger charge is -2.39. The molecule has 2 aliphatic rings. The van der Waals surface area contributed by atoms with Gasteiger partial charge in [0.1, 0.15) is 34.9 Å². The van der Waals surface area contributed by atoms with Crippen molar-refractivity contribution >= 4 is 11.8 Å². The normalized spacial score (nSPS) is 18.3. The molecule has 11 nitrogen and oxygen atoms in total. The number of benzene rings is 3. The standard InChI is InChI=1S/C36H37FN4O7/c1-44-31-8-7-24-16-28(31)23-5-4-6-26(15-23)47-21-34(42)39-18-22-13-25(37)17-27(14-22)48-32-10-12-41(19-29(32)40-36(24)43)20-30-35(46-3)33(45-2)9-11-38-30/h4-9,11,13-17,29,32H,10,12,18-21H2,1-3H3,(H,39,42)(H,40,43)/t29-,32-/m1/s1. The Kier molecular flexibility index (Phi) is 9.91. The predicted molar refractivity (Wildman–Crippen MR) is 175 cm³/mol. The van der Waals surface area contributed by atoms with Crippen LogP contribution >= 0.6 is 0 Å². The largest absolute Gasteiger partial charge is 0.496 e. The molecule has 1 saturated heterocycles. The van der Waals surface area contributed by atoms with Crippen LogP contribution < -0.4 is 34.3 Å². The van der Waals surface area contributed by atoms with Crippen molar-refractivity contribution in [1.82, 2.24) is 20.5 Å². The van der Waals surface area contributed by atoms with Gasteiger partial charge in [-0.25, -0.2) is 4.39 Å². The number of hydrogen-bond acceptors (Lipinski definition) is 9. The van der Waals surface area contributed by atoms with E-state index in [9.17, 15) is 14.0 Å². The quantitative estimate of drug-likeness (QED) is 0.323. The highest BCUT2D eigenvalue weighted by Gasteiger charge is 2.33. The van der Waals surface area contributed by atoms with Gasteiger partial charge in [0.15, 0.2) is 18.1 Å². The third kappa shape index (κ3) is 7.44. The van der Waals surface area contributed by atoms with E-state index in [0.717, 1.165) is 5.56 Å². The number of rotatable bonds is 5. The second-order valence-electron chi connectivity index (χ2n) is 11.6. The average Bonchev–Trinajstić information content (AvgIpc) is 3.10. The van der Waals surface area contributed by atoms with Gasteiger partial charge in [0.05, 0.1) is 27.4 Å². The molecule has 6 bridgehead atoms. The number of likely N-dealkylation sites (tertiary alicyclic amines) is 1. The van der Waals surface area contributed by atoms with E-state index in [0.29, 0.717) is 77.2 Å². The number of methoxy groups -OCH3 is 3. The third-order valence-corrected chi connectivity index (χ3v) is 8.37. The lowest BCUT2D eigenvalue weighted by Crippen LogP contribution is -2.56. The molecule has 1 aromatic heterocycles. The smallest absolute Gasteiger partial charge is 0.258 e. The Morgan fingerprint density at radius 3 is 2.60 bits per heavy atom. The minimum Gasteiger partial charge on any atom is -0.496 e. The third-order valence-electron chi connectivity index (χ3n) is 8.37. The molecule has 0 unspecified atom stereocenters. The van der Waals surface area contributed by atoms with E-state index in [1.807, 2.05) is 6.07 Å². The van der Waals surface area contributed by atoms with E-state index < -0.39 is 18.0 Å². The summed E-state index contributed by atoms with van der Waals surface area (Å²) in [7, 11) is 4.71. The van der Waals surface area contributed by atoms with Gasteiger partial charge in [-0.3, -0.25) is 19.5 Å². The fourth-order valence-electron chi connectivity index (χ4n) is 6.04. The fourth-order valence-corrected chi connectivity index (χ4v) is 6.04. The zero-order chi connectivity index (χ0) is 33.6. The number of nitrogens with one attached hydrogen (secondary N) is 2. The SMILES string of the molecule is COc1ccc2cc1-c1cccc(c1)OCC(=O)NCc1cc(F)cc(c1)O[C@@H]1CCN(Cc3nccc(OC)c3OC)C[C@H]1NC2=O. The maximum absolute atomic E-state index is 14.8. The van der Waals surface area contributed by atoms with E-state index in [4.69, 9.17) is 23.7 Å². The first-order chi connectivity index (χ1) is 23.3. The Morgan fingerprint density at radius 2 is 1.79 bits per heavy atom. The summed E-state index contributed by atoms with van der Waals surface area (Å²) >= 11 is 0. The van der Waals surface area contributed by atoms with Gasteiger partial charge in [0, 0.05) is 55.6 Å². The van der Waals surface area contributed by atoms with E-state index in [-0.39, 0.29) is 25.0 Å². The number of pyridine rings is 1. The van der Waals surface area contributed by atoms with Gasteiger partial charge in [-0.15, -0.1) is 0 Å². The van der Waals surface area contributed by atoms with Gasteiger partial charge < -0.3 is 34.3 Å². The summed E-state index contributed by atoms with van der Waals surface area (Å²) in [6.07, 6.45) is 1.71. The predicted octanol–water partition coefficient (Wildman–Crippen LogP) is 4.37. The number of aromatic nitrogens is 1. The van der Waals surface area contributed by atoms with Crippen molar-refractivity contribution in [3.05, 3.63) is 95.6 Å². The van der Waals surface area contributed by atoms with Crippen molar-refractivity contribution in [3.8, 4) is 39.9 Å². The van der Waals surface area contributed by atoms with E-state index in [2.05, 4.69) is 20.5 Å². The number of halogens is 1. The van der Waals surface area contributed by atoms with Crippen molar-refractivity contribution in [1.29, 1.82) is 0 Å². The molecule has 0 saturated carbocycles. The second kappa shape index (κ2) is 14.6. The first-order valence-electron chi connectivity index (χ1n) is 15.6. The molecule has 2 aliphatic heterocycles. The molecule has 0 aliphatic carbocycles. The van der Waals surface area contributed by atoms with Gasteiger partial charge >= 0.3 is 0 Å². The summed E-state index contributed by atoms with van der Waals surface area (Å²) in [5, 5.41) is 5.96. The zero-order valence-electron chi connectivity index (χ0n) is 27.0. The van der Waals surface area contributed by atoms with Gasteiger partial charge in [0.25, 0.3) is 11.8 Å². The summed E-state index contributed by atoms with van der Waals surface area (Å²) < 4.78 is 43.6. The molecule has 12 heteroatoms. The monoisotopic (exact) mass is 656 g/mol. The van der Waals surface area contributed by atoms with Crippen LogP contribution in [-0.2, 0) is 17.9 Å². The molecule has 3 heterocycles. The van der Waals surface area contributed by atoms with Crippen molar-refractivity contribution in [3.63, 3.8) is 0 Å². The first kappa shape index (κ1) is 32.6. The summed E-state index contributed by atoms with van der Waals surface area (Å²) in [4.78, 5) is 33.2. The molecule has 2 N–H and O–H groups in total. The number of piperidine rings is 1. The first-order valence-corrected chi connectivity index (χ1v) is 15.6. The van der Waals surface area contributed by atoms with Gasteiger partial charge in [0.2, 0.25) is 0 Å². The fraction of sp³-hybridized carbons (Fsp3) is 0.306. The number of carbonyl (C=O) groups is 2. The van der Waals surface area contributed by atoms with E-state index in [1.54, 1.807) is 76.1 Å². The van der Waals surface area contributed by atoms with Crippen LogP contribution in [0.3, 0.4) is 0 Å². The van der Waals surface area contributed by atoms with Crippen LogP contribution in [0.5, 0.6) is 28.7 Å². The van der Waals surface area contributed by atoms with Crippen LogP contribution in [-0.4, -0.2) is 74.9 Å². The van der Waals surface area contributed by atoms with Crippen LogP contribution in [0.1, 0.15) is 28.0 Å². The summed E-state index contributed by atoms with van der Waals surface area (Å²) in [6.45, 7) is 1.31. The Hall–Kier alpha value is -5.36. The van der Waals surface area contributed by atoms with Gasteiger partial charge in [-0.2, -0.15) is 0 Å². The van der Waals surface area contributed by atoms with Crippen LogP contribution in [0.15, 0.2) is 72.9 Å². The second-order valence-corrected chi connectivity index (χ2v) is 11.6. The minimum atomic E-state index is -0.504. The van der Waals surface area contributed by atoms with Crippen molar-refractivity contribution in [2.45, 2.75) is 31.7 Å². The van der Waals surface area contributed by atoms with Gasteiger partial charge in [-0.05, 0) is 60.0 Å². The van der Waals surface area contributed by atoms with Crippen LogP contribution in [0, 0.1) is 5.82 Å². The highest BCUT2D eigenvalue weighted by atomic mass is 19.1. The molecule has 2 amide bonds. The molecule has 3 aromatic carbocycles. The number of amides is 2. The molecule has 0 radical (unpaired) electrons. The minimum absolute atomic E-state index is 0.0768. The lowest BCUT2D eigenvalue weighted by atomic mass is 9.99. The summed E-state index contributed by atoms with van der Waals surface area (Å²) in [5.41, 5.74) is 3.05. The van der Waals surface area contributed by atoms with E-state index >= 15 is 0 Å². The number of ether oxygens (including phenoxy) is 5. The van der Waals surface area contributed by atoms with Crippen LogP contribution in [0.2, 0.25) is 0 Å². The maximum atomic E-state index is 14.8. The molecule has 0 spiro atoms. The number of fused-ring (bicyclic) bond motifs is 8.